The third kappa shape index (κ3) is 2.23. The molecule has 2 heterocycles. The van der Waals surface area contributed by atoms with Gasteiger partial charge in [-0.3, -0.25) is 15.1 Å². The molecule has 2 rings (SSSR count). The van der Waals surface area contributed by atoms with Crippen LogP contribution < -0.4 is 5.73 Å². The van der Waals surface area contributed by atoms with Gasteiger partial charge in [-0.2, -0.15) is 0 Å². The van der Waals surface area contributed by atoms with Crippen LogP contribution in [0.1, 0.15) is 5.56 Å². The second kappa shape index (κ2) is 4.58. The van der Waals surface area contributed by atoms with Gasteiger partial charge >= 0.3 is 0 Å². The summed E-state index contributed by atoms with van der Waals surface area (Å²) in [5.74, 6) is -0.00713. The largest absolute Gasteiger partial charge is 0.383 e. The van der Waals surface area contributed by atoms with Crippen molar-refractivity contribution >= 4 is 23.1 Å². The number of aromatic nitrogens is 2. The van der Waals surface area contributed by atoms with Crippen molar-refractivity contribution in [2.24, 2.45) is 0 Å². The van der Waals surface area contributed by atoms with Crippen LogP contribution in [0.2, 0.25) is 5.15 Å². The maximum atomic E-state index is 11.0. The fourth-order valence-corrected chi connectivity index (χ4v) is 1.79. The van der Waals surface area contributed by atoms with E-state index >= 15 is 0 Å². The molecule has 0 fully saturated rings. The van der Waals surface area contributed by atoms with Crippen molar-refractivity contribution in [2.75, 3.05) is 5.73 Å². The molecule has 7 heteroatoms. The standard InChI is InChI=1S/C11H9ClN4O2/c1-6-2-3-14-7(4-6)10-8(16(17)18)5-9(12)15-11(10)13/h2-5H,1H3,(H2,13,15). The molecule has 0 aliphatic heterocycles. The Bertz CT molecular complexity index is 630. The molecule has 0 aromatic carbocycles. The first kappa shape index (κ1) is 12.3. The van der Waals surface area contributed by atoms with Crippen LogP contribution in [0.4, 0.5) is 11.5 Å². The molecule has 92 valence electrons. The number of halogens is 1. The monoisotopic (exact) mass is 264 g/mol. The summed E-state index contributed by atoms with van der Waals surface area (Å²) in [4.78, 5) is 18.4. The molecule has 0 aliphatic rings. The minimum atomic E-state index is -0.552. The number of hydrogen-bond acceptors (Lipinski definition) is 5. The van der Waals surface area contributed by atoms with E-state index in [4.69, 9.17) is 17.3 Å². The summed E-state index contributed by atoms with van der Waals surface area (Å²) in [5.41, 5.74) is 7.01. The van der Waals surface area contributed by atoms with Gasteiger partial charge < -0.3 is 5.73 Å². The fourth-order valence-electron chi connectivity index (χ4n) is 1.60. The predicted molar refractivity (Wildman–Crippen MR) is 68.3 cm³/mol. The van der Waals surface area contributed by atoms with Gasteiger partial charge in [0, 0.05) is 6.20 Å². The van der Waals surface area contributed by atoms with Crippen molar-refractivity contribution in [1.82, 2.24) is 9.97 Å². The summed E-state index contributed by atoms with van der Waals surface area (Å²) in [5, 5.41) is 11.0. The van der Waals surface area contributed by atoms with Crippen LogP contribution in [0.3, 0.4) is 0 Å². The van der Waals surface area contributed by atoms with Crippen molar-refractivity contribution < 1.29 is 4.92 Å². The molecule has 0 amide bonds. The molecular weight excluding hydrogens is 256 g/mol. The molecule has 0 spiro atoms. The summed E-state index contributed by atoms with van der Waals surface area (Å²) in [7, 11) is 0. The zero-order valence-corrected chi connectivity index (χ0v) is 10.2. The average Bonchev–Trinajstić information content (AvgIpc) is 2.27. The normalized spacial score (nSPS) is 10.3. The molecule has 18 heavy (non-hydrogen) atoms. The molecule has 2 N–H and O–H groups in total. The molecule has 0 bridgehead atoms. The van der Waals surface area contributed by atoms with Gasteiger partial charge in [0.15, 0.2) is 0 Å². The number of aryl methyl sites for hydroxylation is 1. The van der Waals surface area contributed by atoms with Gasteiger partial charge in [0.2, 0.25) is 0 Å². The maximum absolute atomic E-state index is 11.0. The predicted octanol–water partition coefficient (Wildman–Crippen LogP) is 2.60. The molecule has 0 atom stereocenters. The Morgan fingerprint density at radius 2 is 2.17 bits per heavy atom. The zero-order chi connectivity index (χ0) is 13.3. The van der Waals surface area contributed by atoms with Gasteiger partial charge in [0.05, 0.1) is 16.7 Å². The molecule has 2 aromatic rings. The SMILES string of the molecule is Cc1ccnc(-c2c([N+](=O)[O-])cc(Cl)nc2N)c1. The van der Waals surface area contributed by atoms with E-state index in [9.17, 15) is 10.1 Å². The smallest absolute Gasteiger partial charge is 0.285 e. The molecule has 0 radical (unpaired) electrons. The highest BCUT2D eigenvalue weighted by atomic mass is 35.5. The lowest BCUT2D eigenvalue weighted by Crippen LogP contribution is -2.01. The van der Waals surface area contributed by atoms with Crippen LogP contribution >= 0.6 is 11.6 Å². The van der Waals surface area contributed by atoms with Gasteiger partial charge in [-0.25, -0.2) is 4.98 Å². The first-order valence-corrected chi connectivity index (χ1v) is 5.40. The van der Waals surface area contributed by atoms with E-state index in [0.29, 0.717) is 5.69 Å². The lowest BCUT2D eigenvalue weighted by atomic mass is 10.1. The van der Waals surface area contributed by atoms with Crippen LogP contribution in [-0.4, -0.2) is 14.9 Å². The third-order valence-corrected chi connectivity index (χ3v) is 2.56. The molecule has 0 unspecified atom stereocenters. The quantitative estimate of drug-likeness (QED) is 0.511. The van der Waals surface area contributed by atoms with Crippen LogP contribution in [0.25, 0.3) is 11.3 Å². The molecule has 0 saturated carbocycles. The lowest BCUT2D eigenvalue weighted by Gasteiger charge is -2.06. The third-order valence-electron chi connectivity index (χ3n) is 2.36. The maximum Gasteiger partial charge on any atom is 0.285 e. The molecular formula is C11H9ClN4O2. The second-order valence-corrected chi connectivity index (χ2v) is 4.09. The second-order valence-electron chi connectivity index (χ2n) is 3.70. The average molecular weight is 265 g/mol. The van der Waals surface area contributed by atoms with Gasteiger partial charge in [-0.1, -0.05) is 11.6 Å². The molecule has 0 saturated heterocycles. The van der Waals surface area contributed by atoms with E-state index in [1.807, 2.05) is 6.92 Å². The van der Waals surface area contributed by atoms with E-state index < -0.39 is 4.92 Å². The van der Waals surface area contributed by atoms with Gasteiger partial charge in [-0.15, -0.1) is 0 Å². The van der Waals surface area contributed by atoms with E-state index in [2.05, 4.69) is 9.97 Å². The van der Waals surface area contributed by atoms with Crippen LogP contribution in [-0.2, 0) is 0 Å². The number of nitro groups is 1. The van der Waals surface area contributed by atoms with Crippen molar-refractivity contribution in [3.63, 3.8) is 0 Å². The molecule has 2 aromatic heterocycles. The Kier molecular flexibility index (Phi) is 3.12. The molecule has 6 nitrogen and oxygen atoms in total. The Balaban J connectivity index is 2.74. The number of rotatable bonds is 2. The first-order chi connectivity index (χ1) is 8.49. The number of nitrogens with two attached hydrogens (primary N) is 1. The van der Waals surface area contributed by atoms with Crippen molar-refractivity contribution in [3.8, 4) is 11.3 Å². The highest BCUT2D eigenvalue weighted by molar-refractivity contribution is 6.29. The number of nitrogen functional groups attached to an aromatic ring is 1. The van der Waals surface area contributed by atoms with Crippen molar-refractivity contribution in [2.45, 2.75) is 6.92 Å². The summed E-state index contributed by atoms with van der Waals surface area (Å²) in [6, 6.07) is 4.65. The summed E-state index contributed by atoms with van der Waals surface area (Å²) < 4.78 is 0. The van der Waals surface area contributed by atoms with Crippen LogP contribution in [0.5, 0.6) is 0 Å². The van der Waals surface area contributed by atoms with E-state index in [1.165, 1.54) is 0 Å². The lowest BCUT2D eigenvalue weighted by molar-refractivity contribution is -0.384. The van der Waals surface area contributed by atoms with Crippen LogP contribution in [0, 0.1) is 17.0 Å². The number of hydrogen-bond donors (Lipinski definition) is 1. The summed E-state index contributed by atoms with van der Waals surface area (Å²) in [6.45, 7) is 1.86. The number of anilines is 1. The fraction of sp³-hybridized carbons (Fsp3) is 0.0909. The Hall–Kier alpha value is -2.21. The highest BCUT2D eigenvalue weighted by Crippen LogP contribution is 2.34. The molecule has 0 aliphatic carbocycles. The highest BCUT2D eigenvalue weighted by Gasteiger charge is 2.21. The minimum Gasteiger partial charge on any atom is -0.383 e. The van der Waals surface area contributed by atoms with E-state index in [-0.39, 0.29) is 22.2 Å². The number of pyridine rings is 2. The van der Waals surface area contributed by atoms with Gasteiger partial charge in [0.1, 0.15) is 16.5 Å². The summed E-state index contributed by atoms with van der Waals surface area (Å²) in [6.07, 6.45) is 1.56. The summed E-state index contributed by atoms with van der Waals surface area (Å²) >= 11 is 5.67. The van der Waals surface area contributed by atoms with Crippen LogP contribution in [0.15, 0.2) is 24.4 Å². The van der Waals surface area contributed by atoms with E-state index in [0.717, 1.165) is 11.6 Å². The van der Waals surface area contributed by atoms with Crippen molar-refractivity contribution in [1.29, 1.82) is 0 Å². The number of nitrogens with zero attached hydrogens (tertiary/aromatic N) is 3. The van der Waals surface area contributed by atoms with Gasteiger partial charge in [0.25, 0.3) is 5.69 Å². The first-order valence-electron chi connectivity index (χ1n) is 5.02. The zero-order valence-electron chi connectivity index (χ0n) is 9.42. The minimum absolute atomic E-state index is 0.00713. The Morgan fingerprint density at radius 3 is 2.78 bits per heavy atom. The topological polar surface area (TPSA) is 94.9 Å². The van der Waals surface area contributed by atoms with Crippen molar-refractivity contribution in [3.05, 3.63) is 45.2 Å². The van der Waals surface area contributed by atoms with Gasteiger partial charge in [-0.05, 0) is 24.6 Å². The Labute approximate surface area is 108 Å². The Morgan fingerprint density at radius 1 is 1.44 bits per heavy atom. The van der Waals surface area contributed by atoms with E-state index in [1.54, 1.807) is 18.3 Å².